The zero-order valence-corrected chi connectivity index (χ0v) is 20.1. The average molecular weight is 463 g/mol. The van der Waals surface area contributed by atoms with Crippen LogP contribution in [0.15, 0.2) is 22.6 Å². The monoisotopic (exact) mass is 462 g/mol. The molecule has 0 N–H and O–H groups in total. The molecule has 4 aliphatic rings. The van der Waals surface area contributed by atoms with Crippen molar-refractivity contribution in [1.82, 2.24) is 4.90 Å². The number of benzene rings is 1. The number of rotatable bonds is 2. The fourth-order valence-corrected chi connectivity index (χ4v) is 5.81. The first-order valence-electron chi connectivity index (χ1n) is 11.7. The number of amides is 1. The van der Waals surface area contributed by atoms with Gasteiger partial charge in [0.05, 0.1) is 29.7 Å². The van der Waals surface area contributed by atoms with Gasteiger partial charge in [-0.25, -0.2) is 8.42 Å². The Bertz CT molecular complexity index is 980. The van der Waals surface area contributed by atoms with E-state index in [-0.39, 0.29) is 25.2 Å². The van der Waals surface area contributed by atoms with Crippen LogP contribution < -0.4 is 4.74 Å². The molecule has 1 saturated carbocycles. The molecule has 0 radical (unpaired) electrons. The van der Waals surface area contributed by atoms with Crippen LogP contribution in [-0.4, -0.2) is 62.1 Å². The molecule has 5 rings (SSSR count). The van der Waals surface area contributed by atoms with Crippen LogP contribution in [0.2, 0.25) is 0 Å². The van der Waals surface area contributed by atoms with Crippen LogP contribution in [0.4, 0.5) is 0 Å². The molecule has 8 heteroatoms. The third-order valence-corrected chi connectivity index (χ3v) is 8.64. The van der Waals surface area contributed by atoms with Crippen LogP contribution in [0.25, 0.3) is 0 Å². The lowest BCUT2D eigenvalue weighted by molar-refractivity contribution is -0.136. The first-order valence-corrected chi connectivity index (χ1v) is 13.2. The van der Waals surface area contributed by atoms with Crippen LogP contribution in [0, 0.1) is 6.92 Å². The van der Waals surface area contributed by atoms with Crippen LogP contribution in [0.5, 0.6) is 5.75 Å². The summed E-state index contributed by atoms with van der Waals surface area (Å²) in [5, 5.41) is -0.602. The Hall–Kier alpha value is -1.93. The molecule has 0 unspecified atom stereocenters. The van der Waals surface area contributed by atoms with E-state index in [1.54, 1.807) is 18.7 Å². The van der Waals surface area contributed by atoms with E-state index in [1.165, 1.54) is 11.1 Å². The summed E-state index contributed by atoms with van der Waals surface area (Å²) >= 11 is 0. The first kappa shape index (κ1) is 23.2. The Labute approximate surface area is 191 Å². The lowest BCUT2D eigenvalue weighted by Gasteiger charge is -2.37. The largest absolute Gasteiger partial charge is 0.483 e. The second-order valence-electron chi connectivity index (χ2n) is 9.44. The zero-order valence-electron chi connectivity index (χ0n) is 19.2. The number of carbonyl (C=O) groups excluding carboxylic acids is 1. The molecule has 2 bridgehead atoms. The SMILES string of the molecule is Cc1cccc2c1C1CCC(CC1)OC[C@H]1/C(=N/S(=O)(=O)C(C)C)CCCN1C(=O)CO2. The maximum atomic E-state index is 13.2. The number of piperidine rings is 1. The molecule has 3 heterocycles. The third-order valence-electron chi connectivity index (χ3n) is 6.96. The highest BCUT2D eigenvalue weighted by atomic mass is 32.2. The van der Waals surface area contributed by atoms with Gasteiger partial charge in [-0.1, -0.05) is 12.1 Å². The van der Waals surface area contributed by atoms with E-state index < -0.39 is 21.3 Å². The van der Waals surface area contributed by atoms with Gasteiger partial charge in [0.25, 0.3) is 15.9 Å². The summed E-state index contributed by atoms with van der Waals surface area (Å²) in [6.07, 6.45) is 5.25. The average Bonchev–Trinajstić information content (AvgIpc) is 2.77. The molecule has 32 heavy (non-hydrogen) atoms. The summed E-state index contributed by atoms with van der Waals surface area (Å²) in [6.45, 7) is 6.09. The van der Waals surface area contributed by atoms with Gasteiger partial charge in [-0.3, -0.25) is 4.79 Å². The maximum Gasteiger partial charge on any atom is 0.261 e. The Morgan fingerprint density at radius 1 is 1.16 bits per heavy atom. The molecule has 1 aromatic carbocycles. The number of hydrogen-bond acceptors (Lipinski definition) is 5. The molecular weight excluding hydrogens is 428 g/mol. The molecule has 1 amide bonds. The fourth-order valence-electron chi connectivity index (χ4n) is 5.06. The first-order chi connectivity index (χ1) is 15.3. The number of nitrogens with zero attached hydrogens (tertiary/aromatic N) is 2. The molecule has 1 aliphatic carbocycles. The van der Waals surface area contributed by atoms with Crippen LogP contribution in [0.1, 0.15) is 69.4 Å². The second-order valence-corrected chi connectivity index (χ2v) is 11.6. The van der Waals surface area contributed by atoms with Crippen molar-refractivity contribution in [2.75, 3.05) is 19.8 Å². The number of fused-ring (bicyclic) bond motifs is 5. The van der Waals surface area contributed by atoms with E-state index in [4.69, 9.17) is 9.47 Å². The van der Waals surface area contributed by atoms with Crippen LogP contribution in [-0.2, 0) is 19.6 Å². The molecule has 1 saturated heterocycles. The molecule has 0 aromatic heterocycles. The minimum absolute atomic E-state index is 0.0761. The standard InChI is InChI=1S/C24H34N2O5S/c1-16(2)32(28,29)25-20-7-5-13-26-21(20)14-30-19-11-9-18(10-12-19)24-17(3)6-4-8-22(24)31-15-23(26)27/h4,6,8,16,18-19,21H,5,7,9-15H2,1-3H3/b25-20+/t18?,19?,21-/m0/s1. The van der Waals surface area contributed by atoms with E-state index in [0.717, 1.165) is 31.4 Å². The van der Waals surface area contributed by atoms with Gasteiger partial charge in [0, 0.05) is 12.1 Å². The molecule has 1 atom stereocenters. The van der Waals surface area contributed by atoms with Gasteiger partial charge in [0.15, 0.2) is 6.61 Å². The van der Waals surface area contributed by atoms with Gasteiger partial charge in [-0.15, -0.1) is 0 Å². The molecule has 176 valence electrons. The summed E-state index contributed by atoms with van der Waals surface area (Å²) in [5.74, 6) is 1.02. The number of aryl methyl sites for hydroxylation is 1. The van der Waals surface area contributed by atoms with Gasteiger partial charge in [0.1, 0.15) is 5.75 Å². The number of sulfonamides is 1. The van der Waals surface area contributed by atoms with E-state index in [2.05, 4.69) is 17.4 Å². The molecular formula is C24H34N2O5S. The van der Waals surface area contributed by atoms with E-state index in [1.807, 2.05) is 12.1 Å². The Morgan fingerprint density at radius 3 is 2.62 bits per heavy atom. The zero-order chi connectivity index (χ0) is 22.9. The molecule has 2 fully saturated rings. The van der Waals surface area contributed by atoms with E-state index in [0.29, 0.717) is 31.0 Å². The number of ether oxygens (including phenoxy) is 2. The van der Waals surface area contributed by atoms with Gasteiger partial charge >= 0.3 is 0 Å². The highest BCUT2D eigenvalue weighted by Gasteiger charge is 2.36. The van der Waals surface area contributed by atoms with Crippen molar-refractivity contribution >= 4 is 21.6 Å². The summed E-state index contributed by atoms with van der Waals surface area (Å²) in [4.78, 5) is 14.9. The lowest BCUT2D eigenvalue weighted by Crippen LogP contribution is -2.53. The van der Waals surface area contributed by atoms with Crippen molar-refractivity contribution in [3.05, 3.63) is 29.3 Å². The second kappa shape index (κ2) is 9.51. The maximum absolute atomic E-state index is 13.2. The smallest absolute Gasteiger partial charge is 0.261 e. The summed E-state index contributed by atoms with van der Waals surface area (Å²) < 4.78 is 41.5. The normalized spacial score (nSPS) is 28.4. The Morgan fingerprint density at radius 2 is 1.91 bits per heavy atom. The quantitative estimate of drug-likeness (QED) is 0.670. The third kappa shape index (κ3) is 4.86. The summed E-state index contributed by atoms with van der Waals surface area (Å²) in [7, 11) is -3.61. The minimum atomic E-state index is -3.61. The van der Waals surface area contributed by atoms with Crippen LogP contribution >= 0.6 is 0 Å². The van der Waals surface area contributed by atoms with E-state index in [9.17, 15) is 13.2 Å². The molecule has 3 aliphatic heterocycles. The highest BCUT2D eigenvalue weighted by Crippen LogP contribution is 2.40. The van der Waals surface area contributed by atoms with Crippen molar-refractivity contribution in [3.8, 4) is 5.75 Å². The molecule has 0 spiro atoms. The van der Waals surface area contributed by atoms with Crippen molar-refractivity contribution in [2.24, 2.45) is 4.40 Å². The summed E-state index contributed by atoms with van der Waals surface area (Å²) in [5.41, 5.74) is 2.93. The Balaban J connectivity index is 1.67. The molecule has 1 aromatic rings. The predicted octanol–water partition coefficient (Wildman–Crippen LogP) is 3.60. The van der Waals surface area contributed by atoms with Gasteiger partial charge < -0.3 is 14.4 Å². The lowest BCUT2D eigenvalue weighted by atomic mass is 9.80. The van der Waals surface area contributed by atoms with Gasteiger partial charge in [0.2, 0.25) is 0 Å². The minimum Gasteiger partial charge on any atom is -0.483 e. The fraction of sp³-hybridized carbons (Fsp3) is 0.667. The number of hydrogen-bond donors (Lipinski definition) is 0. The predicted molar refractivity (Wildman–Crippen MR) is 124 cm³/mol. The Kier molecular flexibility index (Phi) is 6.91. The van der Waals surface area contributed by atoms with Gasteiger partial charge in [-0.2, -0.15) is 4.40 Å². The topological polar surface area (TPSA) is 85.3 Å². The van der Waals surface area contributed by atoms with Crippen molar-refractivity contribution < 1.29 is 22.7 Å². The highest BCUT2D eigenvalue weighted by molar-refractivity contribution is 7.90. The van der Waals surface area contributed by atoms with Crippen molar-refractivity contribution in [2.45, 2.75) is 82.6 Å². The van der Waals surface area contributed by atoms with Crippen molar-refractivity contribution in [1.29, 1.82) is 0 Å². The van der Waals surface area contributed by atoms with Crippen molar-refractivity contribution in [3.63, 3.8) is 0 Å². The van der Waals surface area contributed by atoms with Crippen LogP contribution in [0.3, 0.4) is 0 Å². The molecule has 7 nitrogen and oxygen atoms in total. The van der Waals surface area contributed by atoms with Gasteiger partial charge in [-0.05, 0) is 76.8 Å². The number of carbonyl (C=O) groups is 1. The summed E-state index contributed by atoms with van der Waals surface area (Å²) in [6, 6.07) is 5.55. The van der Waals surface area contributed by atoms with E-state index >= 15 is 0 Å².